The second kappa shape index (κ2) is 3.75. The molecular formula is C12H16S. The van der Waals surface area contributed by atoms with Crippen LogP contribution in [0, 0.1) is 5.92 Å². The lowest BCUT2D eigenvalue weighted by Crippen LogP contribution is -2.13. The standard InChI is InChI=1S/C12H16S/c1-2-9-3-4-11-8-12(13)6-5-10(11)7-9/h5-6,8-9,13H,2-4,7H2,1H3. The van der Waals surface area contributed by atoms with Crippen molar-refractivity contribution in [2.75, 3.05) is 0 Å². The predicted molar refractivity (Wildman–Crippen MR) is 59.5 cm³/mol. The second-order valence-corrected chi connectivity index (χ2v) is 4.49. The van der Waals surface area contributed by atoms with E-state index in [9.17, 15) is 0 Å². The van der Waals surface area contributed by atoms with Gasteiger partial charge in [-0.2, -0.15) is 0 Å². The van der Waals surface area contributed by atoms with Crippen molar-refractivity contribution in [3.63, 3.8) is 0 Å². The van der Waals surface area contributed by atoms with Crippen molar-refractivity contribution in [3.05, 3.63) is 29.3 Å². The summed E-state index contributed by atoms with van der Waals surface area (Å²) in [5.41, 5.74) is 3.08. The lowest BCUT2D eigenvalue weighted by Gasteiger charge is -2.23. The molecule has 1 aliphatic rings. The van der Waals surface area contributed by atoms with Gasteiger partial charge in [-0.1, -0.05) is 19.4 Å². The Morgan fingerprint density at radius 1 is 1.38 bits per heavy atom. The number of hydrogen-bond donors (Lipinski definition) is 1. The van der Waals surface area contributed by atoms with Crippen molar-refractivity contribution < 1.29 is 0 Å². The van der Waals surface area contributed by atoms with Gasteiger partial charge in [-0.15, -0.1) is 12.6 Å². The van der Waals surface area contributed by atoms with E-state index in [0.717, 1.165) is 10.8 Å². The van der Waals surface area contributed by atoms with Crippen LogP contribution in [0.5, 0.6) is 0 Å². The van der Waals surface area contributed by atoms with Gasteiger partial charge in [0, 0.05) is 4.90 Å². The molecule has 0 radical (unpaired) electrons. The highest BCUT2D eigenvalue weighted by Crippen LogP contribution is 2.28. The van der Waals surface area contributed by atoms with Crippen molar-refractivity contribution in [3.8, 4) is 0 Å². The normalized spacial score (nSPS) is 21.2. The Labute approximate surface area is 85.8 Å². The molecule has 0 saturated carbocycles. The molecule has 0 spiro atoms. The molecule has 1 atom stereocenters. The van der Waals surface area contributed by atoms with Crippen LogP contribution in [0.1, 0.15) is 30.9 Å². The van der Waals surface area contributed by atoms with Crippen molar-refractivity contribution in [1.29, 1.82) is 0 Å². The summed E-state index contributed by atoms with van der Waals surface area (Å²) in [6, 6.07) is 6.59. The quantitative estimate of drug-likeness (QED) is 0.647. The molecule has 0 nitrogen and oxygen atoms in total. The summed E-state index contributed by atoms with van der Waals surface area (Å²) >= 11 is 4.36. The number of aryl methyl sites for hydroxylation is 1. The van der Waals surface area contributed by atoms with Gasteiger partial charge in [-0.3, -0.25) is 0 Å². The zero-order valence-corrected chi connectivity index (χ0v) is 8.98. The molecule has 0 aliphatic heterocycles. The fourth-order valence-electron chi connectivity index (χ4n) is 2.17. The summed E-state index contributed by atoms with van der Waals surface area (Å²) in [5.74, 6) is 0.915. The van der Waals surface area contributed by atoms with Crippen LogP contribution in [0.4, 0.5) is 0 Å². The molecule has 0 saturated heterocycles. The second-order valence-electron chi connectivity index (χ2n) is 3.97. The molecule has 13 heavy (non-hydrogen) atoms. The lowest BCUT2D eigenvalue weighted by atomic mass is 9.83. The summed E-state index contributed by atoms with van der Waals surface area (Å²) in [4.78, 5) is 1.11. The SMILES string of the molecule is CCC1CCc2cc(S)ccc2C1. The van der Waals surface area contributed by atoms with Gasteiger partial charge in [-0.25, -0.2) is 0 Å². The van der Waals surface area contributed by atoms with Gasteiger partial charge in [0.15, 0.2) is 0 Å². The van der Waals surface area contributed by atoms with E-state index < -0.39 is 0 Å². The van der Waals surface area contributed by atoms with Gasteiger partial charge in [0.1, 0.15) is 0 Å². The van der Waals surface area contributed by atoms with E-state index in [-0.39, 0.29) is 0 Å². The molecule has 0 heterocycles. The van der Waals surface area contributed by atoms with E-state index >= 15 is 0 Å². The van der Waals surface area contributed by atoms with Crippen LogP contribution in [0.15, 0.2) is 23.1 Å². The Balaban J connectivity index is 2.26. The van der Waals surface area contributed by atoms with Crippen molar-refractivity contribution >= 4 is 12.6 Å². The first-order chi connectivity index (χ1) is 6.29. The molecule has 1 aromatic carbocycles. The fourth-order valence-corrected chi connectivity index (χ4v) is 2.40. The first-order valence-corrected chi connectivity index (χ1v) is 5.55. The molecule has 0 amide bonds. The van der Waals surface area contributed by atoms with Crippen molar-refractivity contribution in [1.82, 2.24) is 0 Å². The van der Waals surface area contributed by atoms with Crippen molar-refractivity contribution in [2.45, 2.75) is 37.5 Å². The third-order valence-corrected chi connectivity index (χ3v) is 3.38. The van der Waals surface area contributed by atoms with Gasteiger partial charge in [0.05, 0.1) is 0 Å². The number of rotatable bonds is 1. The van der Waals surface area contributed by atoms with E-state index in [0.29, 0.717) is 0 Å². The first-order valence-electron chi connectivity index (χ1n) is 5.10. The Hall–Kier alpha value is -0.430. The molecule has 2 rings (SSSR count). The predicted octanol–water partition coefficient (Wildman–Crippen LogP) is 3.49. The molecular weight excluding hydrogens is 176 g/mol. The highest BCUT2D eigenvalue weighted by Gasteiger charge is 2.16. The fraction of sp³-hybridized carbons (Fsp3) is 0.500. The maximum Gasteiger partial charge on any atom is 0.00429 e. The van der Waals surface area contributed by atoms with Gasteiger partial charge < -0.3 is 0 Å². The van der Waals surface area contributed by atoms with Crippen LogP contribution in [-0.2, 0) is 12.8 Å². The van der Waals surface area contributed by atoms with Gasteiger partial charge >= 0.3 is 0 Å². The van der Waals surface area contributed by atoms with Gasteiger partial charge in [0.2, 0.25) is 0 Å². The first kappa shape index (κ1) is 9.14. The third-order valence-electron chi connectivity index (χ3n) is 3.10. The van der Waals surface area contributed by atoms with E-state index in [1.54, 1.807) is 5.56 Å². The Morgan fingerprint density at radius 3 is 3.00 bits per heavy atom. The van der Waals surface area contributed by atoms with Gasteiger partial charge in [-0.05, 0) is 48.4 Å². The molecule has 1 aliphatic carbocycles. The zero-order chi connectivity index (χ0) is 9.26. The minimum absolute atomic E-state index is 0.915. The molecule has 0 bridgehead atoms. The summed E-state index contributed by atoms with van der Waals surface area (Å²) in [6.45, 7) is 2.29. The Morgan fingerprint density at radius 2 is 2.23 bits per heavy atom. The zero-order valence-electron chi connectivity index (χ0n) is 8.09. The molecule has 1 aromatic rings. The highest BCUT2D eigenvalue weighted by atomic mass is 32.1. The van der Waals surface area contributed by atoms with Crippen molar-refractivity contribution in [2.24, 2.45) is 5.92 Å². The number of hydrogen-bond acceptors (Lipinski definition) is 1. The average Bonchev–Trinajstić information content (AvgIpc) is 2.17. The van der Waals surface area contributed by atoms with Crippen LogP contribution in [0.3, 0.4) is 0 Å². The van der Waals surface area contributed by atoms with Crippen LogP contribution in [0.25, 0.3) is 0 Å². The molecule has 70 valence electrons. The lowest BCUT2D eigenvalue weighted by molar-refractivity contribution is 0.444. The largest absolute Gasteiger partial charge is 0.143 e. The van der Waals surface area contributed by atoms with E-state index in [4.69, 9.17) is 0 Å². The van der Waals surface area contributed by atoms with E-state index in [2.05, 4.69) is 37.8 Å². The summed E-state index contributed by atoms with van der Waals surface area (Å²) in [7, 11) is 0. The summed E-state index contributed by atoms with van der Waals surface area (Å²) in [5, 5.41) is 0. The smallest absolute Gasteiger partial charge is 0.00429 e. The molecule has 0 fully saturated rings. The Bertz CT molecular complexity index is 304. The molecule has 1 unspecified atom stereocenters. The van der Waals surface area contributed by atoms with Gasteiger partial charge in [0.25, 0.3) is 0 Å². The maximum atomic E-state index is 4.36. The average molecular weight is 192 g/mol. The van der Waals surface area contributed by atoms with Crippen LogP contribution in [0.2, 0.25) is 0 Å². The third kappa shape index (κ3) is 1.91. The number of fused-ring (bicyclic) bond motifs is 1. The van der Waals surface area contributed by atoms with E-state index in [1.165, 1.54) is 31.2 Å². The van der Waals surface area contributed by atoms with Crippen LogP contribution >= 0.6 is 12.6 Å². The van der Waals surface area contributed by atoms with Crippen LogP contribution in [-0.4, -0.2) is 0 Å². The molecule has 0 aromatic heterocycles. The summed E-state index contributed by atoms with van der Waals surface area (Å²) in [6.07, 6.45) is 5.21. The maximum absolute atomic E-state index is 4.36. The number of benzene rings is 1. The molecule has 0 N–H and O–H groups in total. The van der Waals surface area contributed by atoms with Crippen LogP contribution < -0.4 is 0 Å². The monoisotopic (exact) mass is 192 g/mol. The summed E-state index contributed by atoms with van der Waals surface area (Å²) < 4.78 is 0. The Kier molecular flexibility index (Phi) is 2.63. The molecule has 1 heteroatoms. The number of thiol groups is 1. The minimum atomic E-state index is 0.915. The minimum Gasteiger partial charge on any atom is -0.143 e. The topological polar surface area (TPSA) is 0 Å². The van der Waals surface area contributed by atoms with E-state index in [1.807, 2.05) is 0 Å². The highest BCUT2D eigenvalue weighted by molar-refractivity contribution is 7.80.